The molecular formula is C14H17NO3S. The van der Waals surface area contributed by atoms with Gasteiger partial charge in [0, 0.05) is 12.6 Å². The number of rotatable bonds is 6. The second-order valence-electron chi connectivity index (χ2n) is 4.22. The van der Waals surface area contributed by atoms with Crippen molar-refractivity contribution in [3.8, 4) is 5.75 Å². The topological polar surface area (TPSA) is 46.6 Å². The van der Waals surface area contributed by atoms with Crippen LogP contribution in [0, 0.1) is 0 Å². The van der Waals surface area contributed by atoms with Crippen molar-refractivity contribution in [2.75, 3.05) is 30.1 Å². The number of hydrogen-bond donors (Lipinski definition) is 0. The summed E-state index contributed by atoms with van der Waals surface area (Å²) in [5, 5.41) is 0. The summed E-state index contributed by atoms with van der Waals surface area (Å²) in [6.07, 6.45) is 0.883. The molecule has 0 aliphatic carbocycles. The molecule has 0 bridgehead atoms. The Labute approximate surface area is 117 Å². The molecular weight excluding hydrogens is 262 g/mol. The van der Waals surface area contributed by atoms with Crippen molar-refractivity contribution >= 4 is 29.1 Å². The van der Waals surface area contributed by atoms with Gasteiger partial charge in [0.2, 0.25) is 0 Å². The van der Waals surface area contributed by atoms with E-state index in [1.807, 2.05) is 11.8 Å². The van der Waals surface area contributed by atoms with Crippen molar-refractivity contribution in [2.45, 2.75) is 13.3 Å². The van der Waals surface area contributed by atoms with Crippen LogP contribution in [0.15, 0.2) is 18.2 Å². The summed E-state index contributed by atoms with van der Waals surface area (Å²) in [6.45, 7) is 2.69. The van der Waals surface area contributed by atoms with E-state index in [9.17, 15) is 9.59 Å². The number of Topliss-reactive ketones (excluding diaryl/α,β-unsaturated/α-hetero) is 1. The molecule has 1 aromatic carbocycles. The van der Waals surface area contributed by atoms with Gasteiger partial charge in [-0.1, -0.05) is 6.92 Å². The Bertz CT molecular complexity index is 501. The predicted octanol–water partition coefficient (Wildman–Crippen LogP) is 2.37. The van der Waals surface area contributed by atoms with Gasteiger partial charge in [0.1, 0.15) is 5.75 Å². The van der Waals surface area contributed by atoms with Gasteiger partial charge in [-0.25, -0.2) is 0 Å². The number of thioether (sulfide) groups is 1. The lowest BCUT2D eigenvalue weighted by molar-refractivity contribution is -0.114. The quantitative estimate of drug-likeness (QED) is 0.592. The van der Waals surface area contributed by atoms with Gasteiger partial charge in [-0.2, -0.15) is 11.8 Å². The Morgan fingerprint density at radius 3 is 2.79 bits per heavy atom. The molecule has 102 valence electrons. The minimum Gasteiger partial charge on any atom is -0.497 e. The van der Waals surface area contributed by atoms with Crippen molar-refractivity contribution in [1.29, 1.82) is 0 Å². The zero-order chi connectivity index (χ0) is 13.8. The number of benzene rings is 1. The SMILES string of the molecule is CCSCCCN1C(=O)C(=O)c2ccc(OC)cc21. The van der Waals surface area contributed by atoms with Crippen LogP contribution in [-0.4, -0.2) is 36.9 Å². The zero-order valence-electron chi connectivity index (χ0n) is 11.1. The first kappa shape index (κ1) is 13.9. The van der Waals surface area contributed by atoms with Gasteiger partial charge in [-0.15, -0.1) is 0 Å². The number of methoxy groups -OCH3 is 1. The standard InChI is InChI=1S/C14H17NO3S/c1-3-19-8-4-7-15-12-9-10(18-2)5-6-11(12)13(16)14(15)17/h5-6,9H,3-4,7-8H2,1-2H3. The number of anilines is 1. The van der Waals surface area contributed by atoms with Gasteiger partial charge in [0.05, 0.1) is 18.4 Å². The van der Waals surface area contributed by atoms with Crippen molar-refractivity contribution in [3.63, 3.8) is 0 Å². The van der Waals surface area contributed by atoms with E-state index in [-0.39, 0.29) is 0 Å². The molecule has 1 aliphatic heterocycles. The fraction of sp³-hybridized carbons (Fsp3) is 0.429. The Hall–Kier alpha value is -1.49. The predicted molar refractivity (Wildman–Crippen MR) is 77.3 cm³/mol. The van der Waals surface area contributed by atoms with Crippen molar-refractivity contribution in [3.05, 3.63) is 23.8 Å². The highest BCUT2D eigenvalue weighted by Gasteiger charge is 2.35. The molecule has 0 spiro atoms. The lowest BCUT2D eigenvalue weighted by Crippen LogP contribution is -2.30. The van der Waals surface area contributed by atoms with Crippen molar-refractivity contribution < 1.29 is 14.3 Å². The highest BCUT2D eigenvalue weighted by Crippen LogP contribution is 2.32. The van der Waals surface area contributed by atoms with E-state index in [0.29, 0.717) is 23.5 Å². The third-order valence-corrected chi connectivity index (χ3v) is 4.04. The highest BCUT2D eigenvalue weighted by molar-refractivity contribution is 7.99. The molecule has 1 amide bonds. The summed E-state index contributed by atoms with van der Waals surface area (Å²) < 4.78 is 5.15. The molecule has 4 nitrogen and oxygen atoms in total. The average molecular weight is 279 g/mol. The Morgan fingerprint density at radius 2 is 2.11 bits per heavy atom. The van der Waals surface area contributed by atoms with Crippen LogP contribution in [0.5, 0.6) is 5.75 Å². The van der Waals surface area contributed by atoms with Crippen LogP contribution < -0.4 is 9.64 Å². The van der Waals surface area contributed by atoms with Crippen LogP contribution >= 0.6 is 11.8 Å². The van der Waals surface area contributed by atoms with E-state index in [2.05, 4.69) is 6.92 Å². The third kappa shape index (κ3) is 2.76. The zero-order valence-corrected chi connectivity index (χ0v) is 12.0. The van der Waals surface area contributed by atoms with Crippen LogP contribution in [0.25, 0.3) is 0 Å². The number of ether oxygens (including phenoxy) is 1. The first-order chi connectivity index (χ1) is 9.19. The molecule has 0 N–H and O–H groups in total. The molecule has 1 aromatic rings. The van der Waals surface area contributed by atoms with Crippen molar-refractivity contribution in [2.24, 2.45) is 0 Å². The Balaban J connectivity index is 2.17. The molecule has 0 aromatic heterocycles. The number of ketones is 1. The maximum atomic E-state index is 12.0. The lowest BCUT2D eigenvalue weighted by atomic mass is 10.1. The first-order valence-corrected chi connectivity index (χ1v) is 7.46. The Morgan fingerprint density at radius 1 is 1.32 bits per heavy atom. The summed E-state index contributed by atoms with van der Waals surface area (Å²) in [5.41, 5.74) is 1.16. The van der Waals surface area contributed by atoms with E-state index in [1.165, 1.54) is 0 Å². The van der Waals surface area contributed by atoms with Crippen LogP contribution in [0.2, 0.25) is 0 Å². The number of hydrogen-bond acceptors (Lipinski definition) is 4. The summed E-state index contributed by atoms with van der Waals surface area (Å²) in [4.78, 5) is 25.4. The van der Waals surface area contributed by atoms with Crippen LogP contribution in [0.3, 0.4) is 0 Å². The number of fused-ring (bicyclic) bond motifs is 1. The minimum atomic E-state index is -0.426. The summed E-state index contributed by atoms with van der Waals surface area (Å²) in [6, 6.07) is 5.13. The summed E-state index contributed by atoms with van der Waals surface area (Å²) in [5.74, 6) is 1.88. The van der Waals surface area contributed by atoms with Crippen LogP contribution in [-0.2, 0) is 4.79 Å². The molecule has 0 unspecified atom stereocenters. The molecule has 1 heterocycles. The fourth-order valence-corrected chi connectivity index (χ4v) is 2.71. The highest BCUT2D eigenvalue weighted by atomic mass is 32.2. The molecule has 0 radical (unpaired) electrons. The second kappa shape index (κ2) is 6.10. The van der Waals surface area contributed by atoms with E-state index in [1.54, 1.807) is 30.2 Å². The van der Waals surface area contributed by atoms with Crippen LogP contribution in [0.4, 0.5) is 5.69 Å². The number of carbonyl (C=O) groups is 2. The largest absolute Gasteiger partial charge is 0.497 e. The van der Waals surface area contributed by atoms with E-state index >= 15 is 0 Å². The monoisotopic (exact) mass is 279 g/mol. The maximum Gasteiger partial charge on any atom is 0.299 e. The normalized spacial score (nSPS) is 13.9. The maximum absolute atomic E-state index is 12.0. The number of carbonyl (C=O) groups excluding carboxylic acids is 2. The molecule has 0 atom stereocenters. The third-order valence-electron chi connectivity index (χ3n) is 3.05. The second-order valence-corrected chi connectivity index (χ2v) is 5.61. The fourth-order valence-electron chi connectivity index (χ4n) is 2.09. The van der Waals surface area contributed by atoms with Gasteiger partial charge in [-0.3, -0.25) is 9.59 Å². The summed E-state index contributed by atoms with van der Waals surface area (Å²) in [7, 11) is 1.57. The minimum absolute atomic E-state index is 0.416. The molecule has 0 fully saturated rings. The van der Waals surface area contributed by atoms with E-state index in [0.717, 1.165) is 17.9 Å². The lowest BCUT2D eigenvalue weighted by Gasteiger charge is -2.16. The average Bonchev–Trinajstić information content (AvgIpc) is 2.67. The Kier molecular flexibility index (Phi) is 4.47. The molecule has 2 rings (SSSR count). The molecule has 0 saturated heterocycles. The van der Waals surface area contributed by atoms with E-state index in [4.69, 9.17) is 4.74 Å². The van der Waals surface area contributed by atoms with Gasteiger partial charge in [0.25, 0.3) is 11.7 Å². The van der Waals surface area contributed by atoms with Crippen LogP contribution in [0.1, 0.15) is 23.7 Å². The van der Waals surface area contributed by atoms with Gasteiger partial charge < -0.3 is 9.64 Å². The van der Waals surface area contributed by atoms with E-state index < -0.39 is 11.7 Å². The van der Waals surface area contributed by atoms with Gasteiger partial charge >= 0.3 is 0 Å². The number of nitrogens with zero attached hydrogens (tertiary/aromatic N) is 1. The van der Waals surface area contributed by atoms with Gasteiger partial charge in [0.15, 0.2) is 0 Å². The summed E-state index contributed by atoms with van der Waals surface area (Å²) >= 11 is 1.83. The smallest absolute Gasteiger partial charge is 0.299 e. The first-order valence-electron chi connectivity index (χ1n) is 6.31. The molecule has 0 saturated carbocycles. The molecule has 19 heavy (non-hydrogen) atoms. The molecule has 1 aliphatic rings. The number of amides is 1. The molecule has 5 heteroatoms. The van der Waals surface area contributed by atoms with Gasteiger partial charge in [-0.05, 0) is 30.1 Å². The van der Waals surface area contributed by atoms with Crippen molar-refractivity contribution in [1.82, 2.24) is 0 Å².